The first-order valence-electron chi connectivity index (χ1n) is 6.68. The molecule has 6 heteroatoms. The minimum atomic E-state index is -0.266. The molecule has 0 aliphatic rings. The number of carbonyl (C=O) groups is 1. The molecule has 1 atom stereocenters. The van der Waals surface area contributed by atoms with Crippen molar-refractivity contribution < 1.29 is 9.53 Å². The zero-order valence-electron chi connectivity index (χ0n) is 12.0. The van der Waals surface area contributed by atoms with Crippen molar-refractivity contribution in [2.45, 2.75) is 32.9 Å². The fourth-order valence-corrected chi connectivity index (χ4v) is 1.76. The van der Waals surface area contributed by atoms with Gasteiger partial charge >= 0.3 is 0 Å². The summed E-state index contributed by atoms with van der Waals surface area (Å²) in [4.78, 5) is 16.1. The molecule has 1 unspecified atom stereocenters. The molecule has 1 aromatic heterocycles. The molecule has 1 amide bonds. The number of rotatable bonds is 9. The molecule has 0 saturated carbocycles. The van der Waals surface area contributed by atoms with Gasteiger partial charge in [-0.25, -0.2) is 4.98 Å². The maximum absolute atomic E-state index is 12.0. The summed E-state index contributed by atoms with van der Waals surface area (Å²) in [5, 5.41) is 6.14. The zero-order chi connectivity index (χ0) is 14.1. The molecule has 0 saturated heterocycles. The van der Waals surface area contributed by atoms with Crippen LogP contribution in [-0.4, -0.2) is 42.3 Å². The van der Waals surface area contributed by atoms with Crippen molar-refractivity contribution in [1.29, 1.82) is 0 Å². The van der Waals surface area contributed by atoms with Crippen LogP contribution < -0.4 is 10.6 Å². The molecule has 0 fully saturated rings. The number of amides is 1. The second kappa shape index (κ2) is 8.66. The Labute approximate surface area is 114 Å². The van der Waals surface area contributed by atoms with Gasteiger partial charge in [-0.1, -0.05) is 6.92 Å². The van der Waals surface area contributed by atoms with Crippen molar-refractivity contribution in [1.82, 2.24) is 20.2 Å². The van der Waals surface area contributed by atoms with Crippen molar-refractivity contribution in [2.24, 2.45) is 0 Å². The van der Waals surface area contributed by atoms with Crippen LogP contribution in [0.15, 0.2) is 12.5 Å². The Morgan fingerprint density at radius 3 is 3.00 bits per heavy atom. The lowest BCUT2D eigenvalue weighted by molar-refractivity contribution is -0.124. The second-order valence-corrected chi connectivity index (χ2v) is 4.43. The molecule has 1 rings (SSSR count). The predicted molar refractivity (Wildman–Crippen MR) is 73.8 cm³/mol. The van der Waals surface area contributed by atoms with Crippen LogP contribution in [0.3, 0.4) is 0 Å². The van der Waals surface area contributed by atoms with Crippen LogP contribution >= 0.6 is 0 Å². The molecule has 108 valence electrons. The van der Waals surface area contributed by atoms with Crippen LogP contribution in [0.1, 0.15) is 32.0 Å². The van der Waals surface area contributed by atoms with Gasteiger partial charge in [0.2, 0.25) is 5.91 Å². The highest BCUT2D eigenvalue weighted by molar-refractivity contribution is 5.79. The zero-order valence-corrected chi connectivity index (χ0v) is 12.0. The fraction of sp³-hybridized carbons (Fsp3) is 0.692. The third-order valence-corrected chi connectivity index (χ3v) is 2.88. The van der Waals surface area contributed by atoms with Gasteiger partial charge in [0, 0.05) is 26.4 Å². The molecule has 0 aliphatic carbocycles. The molecule has 1 heterocycles. The predicted octanol–water partition coefficient (Wildman–Crippen LogP) is 0.706. The first-order valence-corrected chi connectivity index (χ1v) is 6.68. The number of hydrogen-bond acceptors (Lipinski definition) is 4. The van der Waals surface area contributed by atoms with Crippen LogP contribution in [-0.2, 0) is 16.1 Å². The topological polar surface area (TPSA) is 68.2 Å². The van der Waals surface area contributed by atoms with E-state index in [1.54, 1.807) is 19.6 Å². The van der Waals surface area contributed by atoms with Crippen LogP contribution in [0.4, 0.5) is 0 Å². The van der Waals surface area contributed by atoms with Crippen LogP contribution in [0, 0.1) is 0 Å². The third-order valence-electron chi connectivity index (χ3n) is 2.88. The van der Waals surface area contributed by atoms with Gasteiger partial charge in [0.15, 0.2) is 0 Å². The molecule has 0 radical (unpaired) electrons. The van der Waals surface area contributed by atoms with Gasteiger partial charge < -0.3 is 19.9 Å². The normalized spacial score (nSPS) is 12.4. The summed E-state index contributed by atoms with van der Waals surface area (Å²) in [5.41, 5.74) is 1.02. The highest BCUT2D eigenvalue weighted by Crippen LogP contribution is 2.10. The summed E-state index contributed by atoms with van der Waals surface area (Å²) in [5.74, 6) is -0.0215. The maximum atomic E-state index is 12.0. The quantitative estimate of drug-likeness (QED) is 0.647. The molecular formula is C13H24N4O2. The van der Waals surface area contributed by atoms with E-state index in [4.69, 9.17) is 4.74 Å². The summed E-state index contributed by atoms with van der Waals surface area (Å²) in [6.45, 7) is 6.72. The van der Waals surface area contributed by atoms with E-state index in [9.17, 15) is 4.79 Å². The molecule has 19 heavy (non-hydrogen) atoms. The molecule has 0 aromatic carbocycles. The Morgan fingerprint density at radius 1 is 1.53 bits per heavy atom. The molecule has 1 aromatic rings. The molecule has 0 aliphatic heterocycles. The van der Waals surface area contributed by atoms with Gasteiger partial charge in [0.25, 0.3) is 0 Å². The Bertz CT molecular complexity index is 378. The van der Waals surface area contributed by atoms with Gasteiger partial charge in [-0.05, 0) is 19.9 Å². The lowest BCUT2D eigenvalue weighted by Crippen LogP contribution is -2.34. The average Bonchev–Trinajstić information content (AvgIpc) is 2.86. The monoisotopic (exact) mass is 268 g/mol. The highest BCUT2D eigenvalue weighted by Gasteiger charge is 2.16. The summed E-state index contributed by atoms with van der Waals surface area (Å²) in [6, 6.07) is -0.266. The summed E-state index contributed by atoms with van der Waals surface area (Å²) in [7, 11) is 1.61. The number of aromatic nitrogens is 2. The van der Waals surface area contributed by atoms with Crippen molar-refractivity contribution in [3.05, 3.63) is 18.2 Å². The molecule has 0 bridgehead atoms. The fourth-order valence-electron chi connectivity index (χ4n) is 1.76. The lowest BCUT2D eigenvalue weighted by atomic mass is 10.3. The number of imidazole rings is 1. The van der Waals surface area contributed by atoms with Crippen molar-refractivity contribution in [2.75, 3.05) is 26.8 Å². The number of carbonyl (C=O) groups excluding carboxylic acids is 1. The molecule has 2 N–H and O–H groups in total. The summed E-state index contributed by atoms with van der Waals surface area (Å²) in [6.07, 6.45) is 4.58. The van der Waals surface area contributed by atoms with E-state index in [2.05, 4.69) is 22.5 Å². The van der Waals surface area contributed by atoms with Gasteiger partial charge in [-0.3, -0.25) is 4.79 Å². The highest BCUT2D eigenvalue weighted by atomic mass is 16.5. The molecular weight excluding hydrogens is 244 g/mol. The van der Waals surface area contributed by atoms with Gasteiger partial charge in [-0.15, -0.1) is 0 Å². The van der Waals surface area contributed by atoms with E-state index in [1.807, 2.05) is 11.5 Å². The van der Waals surface area contributed by atoms with E-state index in [1.165, 1.54) is 0 Å². The summed E-state index contributed by atoms with van der Waals surface area (Å²) >= 11 is 0. The summed E-state index contributed by atoms with van der Waals surface area (Å²) < 4.78 is 6.80. The Morgan fingerprint density at radius 2 is 2.32 bits per heavy atom. The number of nitrogens with zero attached hydrogens (tertiary/aromatic N) is 2. The van der Waals surface area contributed by atoms with Crippen LogP contribution in [0.25, 0.3) is 0 Å². The largest absolute Gasteiger partial charge is 0.383 e. The lowest BCUT2D eigenvalue weighted by Gasteiger charge is -2.16. The Kier molecular flexibility index (Phi) is 7.14. The van der Waals surface area contributed by atoms with E-state index < -0.39 is 0 Å². The van der Waals surface area contributed by atoms with Gasteiger partial charge in [0.1, 0.15) is 6.04 Å². The number of methoxy groups -OCH3 is 1. The van der Waals surface area contributed by atoms with E-state index in [0.717, 1.165) is 25.2 Å². The smallest absolute Gasteiger partial charge is 0.242 e. The van der Waals surface area contributed by atoms with Crippen LogP contribution in [0.5, 0.6) is 0 Å². The maximum Gasteiger partial charge on any atom is 0.242 e. The van der Waals surface area contributed by atoms with Crippen LogP contribution in [0.2, 0.25) is 0 Å². The van der Waals surface area contributed by atoms with E-state index in [0.29, 0.717) is 13.2 Å². The minimum absolute atomic E-state index is 0.0215. The standard InChI is InChI=1S/C13H24N4O2/c1-4-5-14-8-12-9-15-10-17(12)11(2)13(18)16-6-7-19-3/h9-11,14H,4-8H2,1-3H3,(H,16,18). The van der Waals surface area contributed by atoms with Gasteiger partial charge in [0.05, 0.1) is 18.6 Å². The SMILES string of the molecule is CCCNCc1cncn1C(C)C(=O)NCCOC. The first-order chi connectivity index (χ1) is 9.20. The Balaban J connectivity index is 2.53. The Hall–Kier alpha value is -1.40. The molecule has 6 nitrogen and oxygen atoms in total. The van der Waals surface area contributed by atoms with Crippen molar-refractivity contribution in [3.8, 4) is 0 Å². The van der Waals surface area contributed by atoms with E-state index in [-0.39, 0.29) is 11.9 Å². The number of nitrogens with one attached hydrogen (secondary N) is 2. The third kappa shape index (κ3) is 5.00. The number of ether oxygens (including phenoxy) is 1. The second-order valence-electron chi connectivity index (χ2n) is 4.43. The minimum Gasteiger partial charge on any atom is -0.383 e. The molecule has 0 spiro atoms. The first kappa shape index (κ1) is 15.7. The average molecular weight is 268 g/mol. The van der Waals surface area contributed by atoms with Gasteiger partial charge in [-0.2, -0.15) is 0 Å². The van der Waals surface area contributed by atoms with E-state index >= 15 is 0 Å². The number of hydrogen-bond donors (Lipinski definition) is 2. The van der Waals surface area contributed by atoms with Crippen molar-refractivity contribution >= 4 is 5.91 Å². The van der Waals surface area contributed by atoms with Crippen molar-refractivity contribution in [3.63, 3.8) is 0 Å².